The molecule has 0 aliphatic heterocycles. The van der Waals surface area contributed by atoms with E-state index in [0.29, 0.717) is 0 Å². The first kappa shape index (κ1) is 6.88. The van der Waals surface area contributed by atoms with Gasteiger partial charge in [0.15, 0.2) is 5.79 Å². The van der Waals surface area contributed by atoms with Crippen LogP contribution in [-0.2, 0) is 4.74 Å². The molecule has 0 rings (SSSR count). The van der Waals surface area contributed by atoms with Gasteiger partial charge in [0.05, 0.1) is 6.61 Å². The summed E-state index contributed by atoms with van der Waals surface area (Å²) in [5.74, 6) is -1.36. The third kappa shape index (κ3) is 2.56. The highest BCUT2D eigenvalue weighted by atomic mass is 16.6. The minimum absolute atomic E-state index is 0.372. The number of methoxy groups -OCH3 is 1. The first-order valence-electron chi connectivity index (χ1n) is 2.01. The second-order valence-electron chi connectivity index (χ2n) is 1.54. The Labute approximate surface area is 42.5 Å². The molecule has 0 fully saturated rings. The monoisotopic (exact) mass is 106 g/mol. The SMILES string of the molecule is COC(C)(O)CO. The molecule has 0 amide bonds. The van der Waals surface area contributed by atoms with Crippen LogP contribution >= 0.6 is 0 Å². The van der Waals surface area contributed by atoms with Crippen molar-refractivity contribution in [1.82, 2.24) is 0 Å². The molecule has 1 unspecified atom stereocenters. The number of hydrogen-bond acceptors (Lipinski definition) is 3. The average molecular weight is 106 g/mol. The van der Waals surface area contributed by atoms with Crippen LogP contribution in [0.25, 0.3) is 0 Å². The van der Waals surface area contributed by atoms with Crippen LogP contribution in [0.4, 0.5) is 0 Å². The molecule has 2 N–H and O–H groups in total. The molecule has 7 heavy (non-hydrogen) atoms. The minimum Gasteiger partial charge on any atom is -0.391 e. The fourth-order valence-electron chi connectivity index (χ4n) is 0.0645. The van der Waals surface area contributed by atoms with Gasteiger partial charge in [-0.15, -0.1) is 0 Å². The number of rotatable bonds is 2. The first-order valence-corrected chi connectivity index (χ1v) is 2.01. The van der Waals surface area contributed by atoms with Crippen LogP contribution in [0.2, 0.25) is 0 Å². The van der Waals surface area contributed by atoms with Crippen LogP contribution < -0.4 is 0 Å². The predicted molar refractivity (Wildman–Crippen MR) is 24.7 cm³/mol. The van der Waals surface area contributed by atoms with E-state index in [9.17, 15) is 0 Å². The van der Waals surface area contributed by atoms with Crippen LogP contribution in [-0.4, -0.2) is 29.7 Å². The van der Waals surface area contributed by atoms with Gasteiger partial charge in [0.2, 0.25) is 0 Å². The highest BCUT2D eigenvalue weighted by molar-refractivity contribution is 4.52. The number of ether oxygens (including phenoxy) is 1. The minimum atomic E-state index is -1.36. The maximum Gasteiger partial charge on any atom is 0.185 e. The molecule has 0 aromatic heterocycles. The van der Waals surface area contributed by atoms with Gasteiger partial charge in [0.25, 0.3) is 0 Å². The van der Waals surface area contributed by atoms with Gasteiger partial charge in [0.1, 0.15) is 0 Å². The Morgan fingerprint density at radius 3 is 2.14 bits per heavy atom. The zero-order chi connectivity index (χ0) is 5.91. The van der Waals surface area contributed by atoms with Crippen molar-refractivity contribution in [2.75, 3.05) is 13.7 Å². The molecule has 0 aromatic rings. The van der Waals surface area contributed by atoms with Gasteiger partial charge >= 0.3 is 0 Å². The molecule has 0 heterocycles. The van der Waals surface area contributed by atoms with Crippen molar-refractivity contribution in [2.24, 2.45) is 0 Å². The lowest BCUT2D eigenvalue weighted by atomic mass is 10.4. The standard InChI is InChI=1S/C4H10O3/c1-4(6,3-5)7-2/h5-6H,3H2,1-2H3. The van der Waals surface area contributed by atoms with E-state index < -0.39 is 5.79 Å². The van der Waals surface area contributed by atoms with Crippen LogP contribution in [0.5, 0.6) is 0 Å². The van der Waals surface area contributed by atoms with Gasteiger partial charge in [-0.25, -0.2) is 0 Å². The summed E-state index contributed by atoms with van der Waals surface area (Å²) in [6, 6.07) is 0. The molecular weight excluding hydrogens is 96.0 g/mol. The van der Waals surface area contributed by atoms with Crippen molar-refractivity contribution in [1.29, 1.82) is 0 Å². The van der Waals surface area contributed by atoms with Crippen molar-refractivity contribution in [2.45, 2.75) is 12.7 Å². The van der Waals surface area contributed by atoms with E-state index in [0.717, 1.165) is 0 Å². The second-order valence-corrected chi connectivity index (χ2v) is 1.54. The van der Waals surface area contributed by atoms with Crippen molar-refractivity contribution >= 4 is 0 Å². The van der Waals surface area contributed by atoms with Gasteiger partial charge in [0, 0.05) is 7.11 Å². The maximum atomic E-state index is 8.66. The van der Waals surface area contributed by atoms with Crippen molar-refractivity contribution < 1.29 is 14.9 Å². The first-order chi connectivity index (χ1) is 3.12. The van der Waals surface area contributed by atoms with Crippen LogP contribution in [0, 0.1) is 0 Å². The zero-order valence-electron chi connectivity index (χ0n) is 4.51. The number of hydrogen-bond donors (Lipinski definition) is 2. The molecule has 0 aliphatic rings. The number of aliphatic hydroxyl groups excluding tert-OH is 1. The van der Waals surface area contributed by atoms with E-state index in [1.807, 2.05) is 0 Å². The van der Waals surface area contributed by atoms with E-state index in [2.05, 4.69) is 4.74 Å². The lowest BCUT2D eigenvalue weighted by Crippen LogP contribution is -2.30. The lowest BCUT2D eigenvalue weighted by molar-refractivity contribution is -0.193. The molecule has 0 bridgehead atoms. The van der Waals surface area contributed by atoms with E-state index in [1.165, 1.54) is 14.0 Å². The summed E-state index contributed by atoms with van der Waals surface area (Å²) in [6.45, 7) is 1.01. The summed E-state index contributed by atoms with van der Waals surface area (Å²) in [5, 5.41) is 16.9. The quantitative estimate of drug-likeness (QED) is 0.459. The third-order valence-corrected chi connectivity index (χ3v) is 0.733. The summed E-state index contributed by atoms with van der Waals surface area (Å²) in [7, 11) is 1.33. The van der Waals surface area contributed by atoms with Gasteiger partial charge < -0.3 is 14.9 Å². The Bertz CT molecular complexity index is 44.9. The largest absolute Gasteiger partial charge is 0.391 e. The molecule has 44 valence electrons. The van der Waals surface area contributed by atoms with Gasteiger partial charge in [-0.1, -0.05) is 0 Å². The summed E-state index contributed by atoms with van der Waals surface area (Å²) >= 11 is 0. The Hall–Kier alpha value is -0.120. The topological polar surface area (TPSA) is 49.7 Å². The van der Waals surface area contributed by atoms with Gasteiger partial charge in [-0.3, -0.25) is 0 Å². The highest BCUT2D eigenvalue weighted by Gasteiger charge is 2.15. The van der Waals surface area contributed by atoms with Crippen LogP contribution in [0.3, 0.4) is 0 Å². The summed E-state index contributed by atoms with van der Waals surface area (Å²) in [5.41, 5.74) is 0. The molecule has 1 atom stereocenters. The van der Waals surface area contributed by atoms with E-state index in [-0.39, 0.29) is 6.61 Å². The smallest absolute Gasteiger partial charge is 0.185 e. The summed E-state index contributed by atoms with van der Waals surface area (Å²) < 4.78 is 4.39. The average Bonchev–Trinajstić information content (AvgIpc) is 1.68. The molecule has 0 spiro atoms. The molecule has 0 saturated heterocycles. The van der Waals surface area contributed by atoms with E-state index in [1.54, 1.807) is 0 Å². The van der Waals surface area contributed by atoms with E-state index >= 15 is 0 Å². The summed E-state index contributed by atoms with van der Waals surface area (Å²) in [6.07, 6.45) is 0. The second kappa shape index (κ2) is 2.26. The van der Waals surface area contributed by atoms with Gasteiger partial charge in [-0.05, 0) is 6.92 Å². The fraction of sp³-hybridized carbons (Fsp3) is 1.00. The maximum absolute atomic E-state index is 8.66. The Balaban J connectivity index is 3.36. The molecule has 0 saturated carbocycles. The lowest BCUT2D eigenvalue weighted by Gasteiger charge is -2.16. The summed E-state index contributed by atoms with van der Waals surface area (Å²) in [4.78, 5) is 0. The predicted octanol–water partition coefficient (Wildman–Crippen LogP) is -0.666. The Morgan fingerprint density at radius 2 is 2.14 bits per heavy atom. The Morgan fingerprint density at radius 1 is 1.71 bits per heavy atom. The van der Waals surface area contributed by atoms with Crippen molar-refractivity contribution in [3.8, 4) is 0 Å². The fourth-order valence-corrected chi connectivity index (χ4v) is 0.0645. The highest BCUT2D eigenvalue weighted by Crippen LogP contribution is 1.98. The molecule has 3 nitrogen and oxygen atoms in total. The molecule has 0 radical (unpaired) electrons. The van der Waals surface area contributed by atoms with Gasteiger partial charge in [-0.2, -0.15) is 0 Å². The third-order valence-electron chi connectivity index (χ3n) is 0.733. The van der Waals surface area contributed by atoms with Crippen molar-refractivity contribution in [3.63, 3.8) is 0 Å². The van der Waals surface area contributed by atoms with Crippen LogP contribution in [0.15, 0.2) is 0 Å². The molecular formula is C4H10O3. The van der Waals surface area contributed by atoms with Crippen molar-refractivity contribution in [3.05, 3.63) is 0 Å². The zero-order valence-corrected chi connectivity index (χ0v) is 4.51. The number of aliphatic hydroxyl groups is 2. The molecule has 0 aliphatic carbocycles. The molecule has 0 aromatic carbocycles. The normalized spacial score (nSPS) is 18.9. The van der Waals surface area contributed by atoms with Crippen LogP contribution in [0.1, 0.15) is 6.92 Å². The Kier molecular flexibility index (Phi) is 2.22. The molecule has 3 heteroatoms. The van der Waals surface area contributed by atoms with E-state index in [4.69, 9.17) is 10.2 Å².